The lowest BCUT2D eigenvalue weighted by molar-refractivity contribution is 0.0605. The summed E-state index contributed by atoms with van der Waals surface area (Å²) in [5.41, 5.74) is 1.34. The van der Waals surface area contributed by atoms with Gasteiger partial charge in [-0.05, 0) is 18.6 Å². The molecule has 0 saturated heterocycles. The van der Waals surface area contributed by atoms with Gasteiger partial charge in [0.1, 0.15) is 4.88 Å². The molecule has 1 N–H and O–H groups in total. The summed E-state index contributed by atoms with van der Waals surface area (Å²) in [6.45, 7) is 1.82. The Morgan fingerprint density at radius 1 is 1.26 bits per heavy atom. The molecule has 5 heteroatoms. The number of carbonyl (C=O) groups excluding carboxylic acids is 1. The molecule has 4 nitrogen and oxygen atoms in total. The summed E-state index contributed by atoms with van der Waals surface area (Å²) in [4.78, 5) is 27.1. The minimum atomic E-state index is -0.372. The molecule has 0 aliphatic heterocycles. The Bertz CT molecular complexity index is 860. The lowest BCUT2D eigenvalue weighted by Gasteiger charge is -1.98. The number of pyridine rings is 1. The fourth-order valence-electron chi connectivity index (χ4n) is 2.20. The molecule has 19 heavy (non-hydrogen) atoms. The first-order chi connectivity index (χ1) is 9.13. The number of benzene rings is 1. The molecule has 0 amide bonds. The third kappa shape index (κ3) is 1.66. The topological polar surface area (TPSA) is 59.2 Å². The van der Waals surface area contributed by atoms with Crippen LogP contribution in [0.2, 0.25) is 0 Å². The minimum Gasteiger partial charge on any atom is -0.465 e. The molecule has 0 saturated carbocycles. The van der Waals surface area contributed by atoms with Crippen molar-refractivity contribution >= 4 is 38.3 Å². The SMILES string of the molecule is COC(=O)c1sc2c([nH]c(=O)c3ccccc32)c1C. The number of ether oxygens (including phenoxy) is 1. The zero-order valence-electron chi connectivity index (χ0n) is 10.4. The van der Waals surface area contributed by atoms with Crippen LogP contribution in [0.3, 0.4) is 0 Å². The number of thiophene rings is 1. The Morgan fingerprint density at radius 2 is 1.95 bits per heavy atom. The first-order valence-corrected chi connectivity index (χ1v) is 6.57. The van der Waals surface area contributed by atoms with E-state index >= 15 is 0 Å². The van der Waals surface area contributed by atoms with Gasteiger partial charge in [0.25, 0.3) is 5.56 Å². The highest BCUT2D eigenvalue weighted by Crippen LogP contribution is 2.33. The van der Waals surface area contributed by atoms with E-state index < -0.39 is 0 Å². The maximum Gasteiger partial charge on any atom is 0.348 e. The molecule has 1 aromatic carbocycles. The number of esters is 1. The summed E-state index contributed by atoms with van der Waals surface area (Å²) >= 11 is 1.35. The first-order valence-electron chi connectivity index (χ1n) is 5.76. The third-order valence-electron chi connectivity index (χ3n) is 3.17. The molecular weight excluding hydrogens is 262 g/mol. The summed E-state index contributed by atoms with van der Waals surface area (Å²) in [7, 11) is 1.35. The van der Waals surface area contributed by atoms with Crippen LogP contribution in [0.15, 0.2) is 29.1 Å². The van der Waals surface area contributed by atoms with Crippen molar-refractivity contribution in [2.45, 2.75) is 6.92 Å². The molecule has 96 valence electrons. The van der Waals surface area contributed by atoms with Gasteiger partial charge < -0.3 is 9.72 Å². The van der Waals surface area contributed by atoms with Crippen LogP contribution in [0.1, 0.15) is 15.2 Å². The van der Waals surface area contributed by atoms with Crippen LogP contribution in [0.4, 0.5) is 0 Å². The molecular formula is C14H11NO3S. The number of nitrogens with one attached hydrogen (secondary N) is 1. The fraction of sp³-hybridized carbons (Fsp3) is 0.143. The number of H-pyrrole nitrogens is 1. The number of carbonyl (C=O) groups is 1. The summed E-state index contributed by atoms with van der Waals surface area (Å²) in [5, 5.41) is 1.50. The Kier molecular flexibility index (Phi) is 2.64. The number of aryl methyl sites for hydroxylation is 1. The lowest BCUT2D eigenvalue weighted by atomic mass is 10.1. The summed E-state index contributed by atoms with van der Waals surface area (Å²) < 4.78 is 5.68. The Morgan fingerprint density at radius 3 is 2.63 bits per heavy atom. The summed E-state index contributed by atoms with van der Waals surface area (Å²) in [6, 6.07) is 7.38. The van der Waals surface area contributed by atoms with Crippen LogP contribution in [0, 0.1) is 6.92 Å². The molecule has 0 unspecified atom stereocenters. The zero-order valence-corrected chi connectivity index (χ0v) is 11.3. The number of aromatic amines is 1. The largest absolute Gasteiger partial charge is 0.465 e. The van der Waals surface area contributed by atoms with E-state index in [0.29, 0.717) is 15.8 Å². The lowest BCUT2D eigenvalue weighted by Crippen LogP contribution is -2.06. The molecule has 3 aromatic rings. The van der Waals surface area contributed by atoms with Gasteiger partial charge in [-0.2, -0.15) is 0 Å². The average Bonchev–Trinajstić information content (AvgIpc) is 2.76. The zero-order chi connectivity index (χ0) is 13.6. The Hall–Kier alpha value is -2.14. The van der Waals surface area contributed by atoms with Gasteiger partial charge >= 0.3 is 5.97 Å². The predicted octanol–water partition coefficient (Wildman–Crippen LogP) is 2.84. The van der Waals surface area contributed by atoms with Crippen molar-refractivity contribution in [2.24, 2.45) is 0 Å². The van der Waals surface area contributed by atoms with Gasteiger partial charge in [0.2, 0.25) is 0 Å². The summed E-state index contributed by atoms with van der Waals surface area (Å²) in [6.07, 6.45) is 0. The number of fused-ring (bicyclic) bond motifs is 3. The third-order valence-corrected chi connectivity index (χ3v) is 4.48. The monoisotopic (exact) mass is 273 g/mol. The van der Waals surface area contributed by atoms with Crippen molar-refractivity contribution in [3.8, 4) is 0 Å². The maximum atomic E-state index is 12.0. The Balaban J connectivity index is 2.51. The van der Waals surface area contributed by atoms with Crippen LogP contribution in [-0.2, 0) is 4.74 Å². The normalized spacial score (nSPS) is 11.1. The molecule has 0 bridgehead atoms. The molecule has 0 aliphatic carbocycles. The molecule has 0 spiro atoms. The van der Waals surface area contributed by atoms with Crippen LogP contribution >= 0.6 is 11.3 Å². The van der Waals surface area contributed by atoms with E-state index in [1.165, 1.54) is 18.4 Å². The number of aromatic nitrogens is 1. The molecule has 0 atom stereocenters. The van der Waals surface area contributed by atoms with Crippen molar-refractivity contribution in [3.05, 3.63) is 45.1 Å². The smallest absolute Gasteiger partial charge is 0.348 e. The van der Waals surface area contributed by atoms with E-state index in [0.717, 1.165) is 15.6 Å². The maximum absolute atomic E-state index is 12.0. The van der Waals surface area contributed by atoms with E-state index in [4.69, 9.17) is 4.74 Å². The van der Waals surface area contributed by atoms with Crippen molar-refractivity contribution in [1.82, 2.24) is 4.98 Å². The molecule has 2 aromatic heterocycles. The van der Waals surface area contributed by atoms with Crippen molar-refractivity contribution in [2.75, 3.05) is 7.11 Å². The van der Waals surface area contributed by atoms with Crippen LogP contribution in [0.25, 0.3) is 21.0 Å². The van der Waals surface area contributed by atoms with Gasteiger partial charge in [-0.1, -0.05) is 18.2 Å². The van der Waals surface area contributed by atoms with E-state index in [9.17, 15) is 9.59 Å². The van der Waals surface area contributed by atoms with Crippen LogP contribution in [-0.4, -0.2) is 18.1 Å². The van der Waals surface area contributed by atoms with E-state index in [1.807, 2.05) is 25.1 Å². The van der Waals surface area contributed by atoms with Gasteiger partial charge in [0.05, 0.1) is 17.3 Å². The standard InChI is InChI=1S/C14H11NO3S/c1-7-10-12(19-11(7)14(17)18-2)8-5-3-4-6-9(8)13(16)15-10/h3-6H,1-2H3,(H,15,16). The minimum absolute atomic E-state index is 0.139. The van der Waals surface area contributed by atoms with Crippen LogP contribution < -0.4 is 5.56 Å². The Labute approximate surface area is 112 Å². The quantitative estimate of drug-likeness (QED) is 0.693. The molecule has 0 aliphatic rings. The average molecular weight is 273 g/mol. The van der Waals surface area contributed by atoms with Crippen molar-refractivity contribution < 1.29 is 9.53 Å². The van der Waals surface area contributed by atoms with E-state index in [1.54, 1.807) is 6.07 Å². The fourth-order valence-corrected chi connectivity index (χ4v) is 3.42. The van der Waals surface area contributed by atoms with Gasteiger partial charge in [-0.25, -0.2) is 4.79 Å². The number of hydrogen-bond acceptors (Lipinski definition) is 4. The summed E-state index contributed by atoms with van der Waals surface area (Å²) in [5.74, 6) is -0.372. The number of hydrogen-bond donors (Lipinski definition) is 1. The highest BCUT2D eigenvalue weighted by Gasteiger charge is 2.18. The van der Waals surface area contributed by atoms with Crippen LogP contribution in [0.5, 0.6) is 0 Å². The van der Waals surface area contributed by atoms with Gasteiger partial charge in [0.15, 0.2) is 0 Å². The molecule has 2 heterocycles. The molecule has 0 radical (unpaired) electrons. The number of rotatable bonds is 1. The molecule has 0 fully saturated rings. The highest BCUT2D eigenvalue weighted by molar-refractivity contribution is 7.21. The first kappa shape index (κ1) is 11.9. The van der Waals surface area contributed by atoms with Gasteiger partial charge in [-0.15, -0.1) is 11.3 Å². The predicted molar refractivity (Wildman–Crippen MR) is 76.0 cm³/mol. The molecule has 3 rings (SSSR count). The second-order valence-corrected chi connectivity index (χ2v) is 5.27. The van der Waals surface area contributed by atoms with Crippen molar-refractivity contribution in [3.63, 3.8) is 0 Å². The van der Waals surface area contributed by atoms with Crippen molar-refractivity contribution in [1.29, 1.82) is 0 Å². The number of methoxy groups -OCH3 is 1. The second-order valence-electron chi connectivity index (χ2n) is 4.25. The second kappa shape index (κ2) is 4.20. The van der Waals surface area contributed by atoms with E-state index in [-0.39, 0.29) is 11.5 Å². The van der Waals surface area contributed by atoms with E-state index in [2.05, 4.69) is 4.98 Å². The van der Waals surface area contributed by atoms with Gasteiger partial charge in [0, 0.05) is 10.8 Å². The van der Waals surface area contributed by atoms with Gasteiger partial charge in [-0.3, -0.25) is 4.79 Å². The highest BCUT2D eigenvalue weighted by atomic mass is 32.1.